The molecule has 0 unspecified atom stereocenters. The average Bonchev–Trinajstić information content (AvgIpc) is 3.39. The summed E-state index contributed by atoms with van der Waals surface area (Å²) in [5.41, 5.74) is 0.874. The maximum Gasteiger partial charge on any atom is 0.230 e. The summed E-state index contributed by atoms with van der Waals surface area (Å²) >= 11 is 1.40. The number of pyridine rings is 1. The summed E-state index contributed by atoms with van der Waals surface area (Å²) in [4.78, 5) is 16.6. The molecule has 1 aliphatic rings. The highest BCUT2D eigenvalue weighted by atomic mass is 32.2. The minimum absolute atomic E-state index is 0.0463. The number of furan rings is 1. The molecule has 0 aliphatic heterocycles. The molecule has 1 saturated carbocycles. The van der Waals surface area contributed by atoms with Crippen LogP contribution in [0.2, 0.25) is 0 Å². The van der Waals surface area contributed by atoms with Gasteiger partial charge in [0.1, 0.15) is 5.76 Å². The fraction of sp³-hybridized carbons (Fsp3) is 0.429. The Hall–Kier alpha value is -2.61. The number of hydrogen-bond donors (Lipinski definition) is 1. The van der Waals surface area contributed by atoms with Gasteiger partial charge in [-0.05, 0) is 55.9 Å². The monoisotopic (exact) mass is 411 g/mol. The van der Waals surface area contributed by atoms with Crippen LogP contribution in [-0.2, 0) is 11.3 Å². The third kappa shape index (κ3) is 5.06. The van der Waals surface area contributed by atoms with Crippen LogP contribution in [0.4, 0.5) is 0 Å². The summed E-state index contributed by atoms with van der Waals surface area (Å²) in [7, 11) is 0. The second kappa shape index (κ2) is 9.26. The van der Waals surface area contributed by atoms with Crippen LogP contribution in [0.1, 0.15) is 38.4 Å². The van der Waals surface area contributed by atoms with Gasteiger partial charge in [-0.3, -0.25) is 14.3 Å². The lowest BCUT2D eigenvalue weighted by atomic mass is 9.87. The molecular formula is C21H25N5O2S. The highest BCUT2D eigenvalue weighted by Crippen LogP contribution is 2.26. The molecule has 3 aromatic heterocycles. The van der Waals surface area contributed by atoms with Crippen LogP contribution in [-0.4, -0.2) is 37.5 Å². The lowest BCUT2D eigenvalue weighted by molar-refractivity contribution is -0.119. The van der Waals surface area contributed by atoms with Crippen molar-refractivity contribution in [2.75, 3.05) is 5.75 Å². The number of thioether (sulfide) groups is 1. The quantitative estimate of drug-likeness (QED) is 0.596. The van der Waals surface area contributed by atoms with E-state index in [1.165, 1.54) is 24.6 Å². The molecular weight excluding hydrogens is 386 g/mol. The van der Waals surface area contributed by atoms with E-state index in [1.54, 1.807) is 18.7 Å². The molecule has 1 amide bonds. The van der Waals surface area contributed by atoms with E-state index in [1.807, 2.05) is 28.8 Å². The maximum absolute atomic E-state index is 12.5. The van der Waals surface area contributed by atoms with E-state index in [9.17, 15) is 4.79 Å². The van der Waals surface area contributed by atoms with Gasteiger partial charge in [0, 0.05) is 24.0 Å². The molecule has 152 valence electrons. The summed E-state index contributed by atoms with van der Waals surface area (Å²) in [5, 5.41) is 12.5. The normalized spacial score (nSPS) is 19.2. The van der Waals surface area contributed by atoms with Crippen LogP contribution in [0.15, 0.2) is 52.5 Å². The van der Waals surface area contributed by atoms with E-state index in [-0.39, 0.29) is 5.91 Å². The minimum Gasteiger partial charge on any atom is -0.467 e. The molecule has 0 bridgehead atoms. The highest BCUT2D eigenvalue weighted by Gasteiger charge is 2.21. The summed E-state index contributed by atoms with van der Waals surface area (Å²) in [6.45, 7) is 2.77. The van der Waals surface area contributed by atoms with Crippen molar-refractivity contribution in [1.29, 1.82) is 0 Å². The van der Waals surface area contributed by atoms with E-state index in [4.69, 9.17) is 4.42 Å². The first-order valence-electron chi connectivity index (χ1n) is 9.97. The van der Waals surface area contributed by atoms with Gasteiger partial charge >= 0.3 is 0 Å². The Labute approximate surface area is 174 Å². The zero-order chi connectivity index (χ0) is 20.1. The molecule has 7 nitrogen and oxygen atoms in total. The number of carbonyl (C=O) groups is 1. The molecule has 1 aliphatic carbocycles. The predicted molar refractivity (Wildman–Crippen MR) is 111 cm³/mol. The molecule has 1 N–H and O–H groups in total. The van der Waals surface area contributed by atoms with Gasteiger partial charge in [-0.2, -0.15) is 0 Å². The van der Waals surface area contributed by atoms with Crippen LogP contribution < -0.4 is 5.32 Å². The standard InChI is InChI=1S/C21H25N5O2S/c1-15-6-8-17(9-7-15)23-19(27)14-29-21-25-24-20(16-4-2-10-22-12-16)26(21)13-18-5-3-11-28-18/h2-5,10-12,15,17H,6-9,13-14H2,1H3,(H,23,27). The Morgan fingerprint density at radius 2 is 2.10 bits per heavy atom. The van der Waals surface area contributed by atoms with Crippen molar-refractivity contribution in [3.8, 4) is 11.4 Å². The van der Waals surface area contributed by atoms with E-state index in [2.05, 4.69) is 27.4 Å². The highest BCUT2D eigenvalue weighted by molar-refractivity contribution is 7.99. The molecule has 0 saturated heterocycles. The third-order valence-electron chi connectivity index (χ3n) is 5.24. The van der Waals surface area contributed by atoms with Crippen LogP contribution in [0.5, 0.6) is 0 Å². The Morgan fingerprint density at radius 1 is 1.24 bits per heavy atom. The lowest BCUT2D eigenvalue weighted by Gasteiger charge is -2.26. The fourth-order valence-corrected chi connectivity index (χ4v) is 4.36. The van der Waals surface area contributed by atoms with E-state index >= 15 is 0 Å². The number of carbonyl (C=O) groups excluding carboxylic acids is 1. The van der Waals surface area contributed by atoms with Gasteiger partial charge in [0.2, 0.25) is 5.91 Å². The van der Waals surface area contributed by atoms with Crippen molar-refractivity contribution in [2.24, 2.45) is 5.92 Å². The van der Waals surface area contributed by atoms with Crippen LogP contribution in [0.3, 0.4) is 0 Å². The van der Waals surface area contributed by atoms with Crippen LogP contribution >= 0.6 is 11.8 Å². The Bertz CT molecular complexity index is 918. The summed E-state index contributed by atoms with van der Waals surface area (Å²) in [5.74, 6) is 2.64. The van der Waals surface area contributed by atoms with E-state index < -0.39 is 0 Å². The van der Waals surface area contributed by atoms with Gasteiger partial charge in [-0.1, -0.05) is 18.7 Å². The van der Waals surface area contributed by atoms with Gasteiger partial charge in [0.15, 0.2) is 11.0 Å². The Kier molecular flexibility index (Phi) is 6.29. The molecule has 0 atom stereocenters. The molecule has 8 heteroatoms. The van der Waals surface area contributed by atoms with Crippen LogP contribution in [0, 0.1) is 5.92 Å². The number of aromatic nitrogens is 4. The van der Waals surface area contributed by atoms with Gasteiger partial charge in [0.05, 0.1) is 18.6 Å². The first-order valence-corrected chi connectivity index (χ1v) is 11.0. The molecule has 0 radical (unpaired) electrons. The van der Waals surface area contributed by atoms with Crippen LogP contribution in [0.25, 0.3) is 11.4 Å². The van der Waals surface area contributed by atoms with E-state index in [0.717, 1.165) is 30.1 Å². The topological polar surface area (TPSA) is 85.8 Å². The summed E-state index contributed by atoms with van der Waals surface area (Å²) in [6.07, 6.45) is 9.63. The Balaban J connectivity index is 1.45. The number of nitrogens with zero attached hydrogens (tertiary/aromatic N) is 4. The van der Waals surface area contributed by atoms with Crippen molar-refractivity contribution in [1.82, 2.24) is 25.1 Å². The molecule has 4 rings (SSSR count). The number of rotatable bonds is 7. The molecule has 0 aromatic carbocycles. The smallest absolute Gasteiger partial charge is 0.230 e. The second-order valence-electron chi connectivity index (χ2n) is 7.53. The van der Waals surface area contributed by atoms with Crippen molar-refractivity contribution in [3.63, 3.8) is 0 Å². The van der Waals surface area contributed by atoms with Crippen molar-refractivity contribution in [2.45, 2.75) is 50.4 Å². The minimum atomic E-state index is 0.0463. The molecule has 0 spiro atoms. The van der Waals surface area contributed by atoms with Gasteiger partial charge in [0.25, 0.3) is 0 Å². The number of nitrogens with one attached hydrogen (secondary N) is 1. The van der Waals surface area contributed by atoms with Crippen molar-refractivity contribution in [3.05, 3.63) is 48.7 Å². The Morgan fingerprint density at radius 3 is 2.83 bits per heavy atom. The van der Waals surface area contributed by atoms with Crippen molar-refractivity contribution >= 4 is 17.7 Å². The van der Waals surface area contributed by atoms with Gasteiger partial charge in [-0.25, -0.2) is 0 Å². The van der Waals surface area contributed by atoms with Gasteiger partial charge in [-0.15, -0.1) is 10.2 Å². The zero-order valence-corrected chi connectivity index (χ0v) is 17.3. The SMILES string of the molecule is CC1CCC(NC(=O)CSc2nnc(-c3cccnc3)n2Cc2ccco2)CC1. The molecule has 3 heterocycles. The number of hydrogen-bond acceptors (Lipinski definition) is 6. The van der Waals surface area contributed by atoms with Crippen molar-refractivity contribution < 1.29 is 9.21 Å². The lowest BCUT2D eigenvalue weighted by Crippen LogP contribution is -2.38. The first-order chi connectivity index (χ1) is 14.2. The maximum atomic E-state index is 12.5. The predicted octanol–water partition coefficient (Wildman–Crippen LogP) is 3.77. The average molecular weight is 412 g/mol. The summed E-state index contributed by atoms with van der Waals surface area (Å²) < 4.78 is 7.48. The molecule has 1 fully saturated rings. The van der Waals surface area contributed by atoms with Gasteiger partial charge < -0.3 is 9.73 Å². The summed E-state index contributed by atoms with van der Waals surface area (Å²) in [6, 6.07) is 7.88. The second-order valence-corrected chi connectivity index (χ2v) is 8.47. The third-order valence-corrected chi connectivity index (χ3v) is 6.21. The fourth-order valence-electron chi connectivity index (χ4n) is 3.61. The number of amides is 1. The largest absolute Gasteiger partial charge is 0.467 e. The molecule has 29 heavy (non-hydrogen) atoms. The van der Waals surface area contributed by atoms with E-state index in [0.29, 0.717) is 29.3 Å². The first kappa shape index (κ1) is 19.7. The molecule has 3 aromatic rings. The zero-order valence-electron chi connectivity index (χ0n) is 16.5.